The molecule has 6 heteroatoms. The smallest absolute Gasteiger partial charge is 0.255 e. The average molecular weight is 366 g/mol. The summed E-state index contributed by atoms with van der Waals surface area (Å²) in [7, 11) is 0. The number of rotatable bonds is 5. The zero-order chi connectivity index (χ0) is 19.4. The van der Waals surface area contributed by atoms with Gasteiger partial charge in [-0.3, -0.25) is 9.59 Å². The number of benzene rings is 3. The molecule has 4 nitrogen and oxygen atoms in total. The van der Waals surface area contributed by atoms with Crippen LogP contribution in [0.4, 0.5) is 25.8 Å². The Morgan fingerprint density at radius 1 is 0.741 bits per heavy atom. The number of carbonyl (C=O) groups is 2. The quantitative estimate of drug-likeness (QED) is 0.613. The molecule has 0 saturated carbocycles. The minimum absolute atomic E-state index is 0.0195. The van der Waals surface area contributed by atoms with Crippen LogP contribution in [0.3, 0.4) is 0 Å². The highest BCUT2D eigenvalue weighted by Gasteiger charge is 2.10. The maximum absolute atomic E-state index is 13.2. The second-order valence-electron chi connectivity index (χ2n) is 5.92. The minimum Gasteiger partial charge on any atom is -0.356 e. The molecule has 0 aliphatic rings. The van der Waals surface area contributed by atoms with Crippen molar-refractivity contribution >= 4 is 28.8 Å². The van der Waals surface area contributed by atoms with Gasteiger partial charge in [0.25, 0.3) is 5.91 Å². The summed E-state index contributed by atoms with van der Waals surface area (Å²) in [6.07, 6.45) is 0. The van der Waals surface area contributed by atoms with Crippen molar-refractivity contribution in [3.05, 3.63) is 89.5 Å². The third-order valence-corrected chi connectivity index (χ3v) is 3.88. The molecule has 0 aliphatic carbocycles. The molecule has 3 rings (SSSR count). The lowest BCUT2D eigenvalue weighted by Gasteiger charge is -2.10. The first kappa shape index (κ1) is 18.3. The lowest BCUT2D eigenvalue weighted by molar-refractivity contribution is 0.101. The van der Waals surface area contributed by atoms with Crippen molar-refractivity contribution in [3.8, 4) is 0 Å². The minimum atomic E-state index is -1.07. The second kappa shape index (κ2) is 7.78. The van der Waals surface area contributed by atoms with E-state index in [-0.39, 0.29) is 11.3 Å². The molecule has 0 unspecified atom stereocenters. The molecule has 0 aliphatic heterocycles. The molecule has 0 fully saturated rings. The van der Waals surface area contributed by atoms with Gasteiger partial charge in [0.1, 0.15) is 0 Å². The first-order valence-electron chi connectivity index (χ1n) is 8.17. The standard InChI is InChI=1S/C21H16F2N2O2/c1-13(26)14-3-2-4-18(11-14)24-16-6-8-17(9-7-16)25-21(27)15-5-10-19(22)20(23)12-15/h2-12,24H,1H3,(H,25,27). The van der Waals surface area contributed by atoms with Crippen molar-refractivity contribution in [1.82, 2.24) is 0 Å². The molecule has 0 radical (unpaired) electrons. The van der Waals surface area contributed by atoms with Gasteiger partial charge < -0.3 is 10.6 Å². The van der Waals surface area contributed by atoms with E-state index in [4.69, 9.17) is 0 Å². The van der Waals surface area contributed by atoms with E-state index < -0.39 is 17.5 Å². The van der Waals surface area contributed by atoms with Gasteiger partial charge in [0.2, 0.25) is 0 Å². The van der Waals surface area contributed by atoms with Gasteiger partial charge in [-0.05, 0) is 61.5 Å². The molecule has 0 spiro atoms. The highest BCUT2D eigenvalue weighted by Crippen LogP contribution is 2.20. The van der Waals surface area contributed by atoms with E-state index >= 15 is 0 Å². The fraction of sp³-hybridized carbons (Fsp3) is 0.0476. The molecule has 0 heterocycles. The van der Waals surface area contributed by atoms with E-state index in [0.29, 0.717) is 11.3 Å². The molecule has 3 aromatic carbocycles. The molecule has 27 heavy (non-hydrogen) atoms. The number of hydrogen-bond acceptors (Lipinski definition) is 3. The van der Waals surface area contributed by atoms with Crippen molar-refractivity contribution in [2.45, 2.75) is 6.92 Å². The Bertz CT molecular complexity index is 1000. The van der Waals surface area contributed by atoms with E-state index in [9.17, 15) is 18.4 Å². The van der Waals surface area contributed by atoms with Gasteiger partial charge in [0.15, 0.2) is 17.4 Å². The first-order chi connectivity index (χ1) is 12.9. The van der Waals surface area contributed by atoms with Crippen LogP contribution in [-0.2, 0) is 0 Å². The van der Waals surface area contributed by atoms with Gasteiger partial charge in [-0.25, -0.2) is 8.78 Å². The summed E-state index contributed by atoms with van der Waals surface area (Å²) in [5.74, 6) is -2.64. The Morgan fingerprint density at radius 2 is 1.44 bits per heavy atom. The zero-order valence-electron chi connectivity index (χ0n) is 14.4. The van der Waals surface area contributed by atoms with Crippen LogP contribution in [0.25, 0.3) is 0 Å². The van der Waals surface area contributed by atoms with Gasteiger partial charge in [-0.15, -0.1) is 0 Å². The molecule has 0 saturated heterocycles. The number of hydrogen-bond donors (Lipinski definition) is 2. The number of carbonyl (C=O) groups excluding carboxylic acids is 2. The maximum Gasteiger partial charge on any atom is 0.255 e. The molecule has 0 bridgehead atoms. The molecular weight excluding hydrogens is 350 g/mol. The van der Waals surface area contributed by atoms with Crippen LogP contribution in [0.2, 0.25) is 0 Å². The Hall–Kier alpha value is -3.54. The summed E-state index contributed by atoms with van der Waals surface area (Å²) >= 11 is 0. The molecule has 1 amide bonds. The van der Waals surface area contributed by atoms with Crippen molar-refractivity contribution in [3.63, 3.8) is 0 Å². The Labute approximate surface area is 154 Å². The number of anilines is 3. The largest absolute Gasteiger partial charge is 0.356 e. The number of Topliss-reactive ketones (excluding diaryl/α,β-unsaturated/α-hetero) is 1. The lowest BCUT2D eigenvalue weighted by Crippen LogP contribution is -2.12. The summed E-state index contributed by atoms with van der Waals surface area (Å²) in [6, 6.07) is 16.9. The van der Waals surface area contributed by atoms with Crippen LogP contribution in [0.5, 0.6) is 0 Å². The molecule has 0 aromatic heterocycles. The van der Waals surface area contributed by atoms with E-state index in [2.05, 4.69) is 10.6 Å². The van der Waals surface area contributed by atoms with Crippen molar-refractivity contribution in [2.24, 2.45) is 0 Å². The monoisotopic (exact) mass is 366 g/mol. The Balaban J connectivity index is 1.68. The van der Waals surface area contributed by atoms with E-state index in [1.165, 1.54) is 13.0 Å². The van der Waals surface area contributed by atoms with Gasteiger partial charge in [-0.2, -0.15) is 0 Å². The summed E-state index contributed by atoms with van der Waals surface area (Å²) in [4.78, 5) is 23.5. The number of ketones is 1. The predicted octanol–water partition coefficient (Wildman–Crippen LogP) is 5.16. The zero-order valence-corrected chi connectivity index (χ0v) is 14.4. The van der Waals surface area contributed by atoms with E-state index in [1.807, 2.05) is 6.07 Å². The van der Waals surface area contributed by atoms with Gasteiger partial charge >= 0.3 is 0 Å². The molecule has 136 valence electrons. The van der Waals surface area contributed by atoms with Crippen LogP contribution in [0, 0.1) is 11.6 Å². The normalized spacial score (nSPS) is 10.3. The summed E-state index contributed by atoms with van der Waals surface area (Å²) in [5.41, 5.74) is 2.67. The van der Waals surface area contributed by atoms with Crippen molar-refractivity contribution < 1.29 is 18.4 Å². The van der Waals surface area contributed by atoms with Crippen LogP contribution >= 0.6 is 0 Å². The van der Waals surface area contributed by atoms with Crippen LogP contribution in [0.1, 0.15) is 27.6 Å². The summed E-state index contributed by atoms with van der Waals surface area (Å²) in [5, 5.41) is 5.79. The topological polar surface area (TPSA) is 58.2 Å². The van der Waals surface area contributed by atoms with E-state index in [1.54, 1.807) is 42.5 Å². The lowest BCUT2D eigenvalue weighted by atomic mass is 10.1. The number of amides is 1. The fourth-order valence-electron chi connectivity index (χ4n) is 2.46. The third-order valence-electron chi connectivity index (χ3n) is 3.88. The van der Waals surface area contributed by atoms with Gasteiger partial charge in [-0.1, -0.05) is 12.1 Å². The number of nitrogens with one attached hydrogen (secondary N) is 2. The predicted molar refractivity (Wildman–Crippen MR) is 100 cm³/mol. The first-order valence-corrected chi connectivity index (χ1v) is 8.17. The van der Waals surface area contributed by atoms with Crippen molar-refractivity contribution in [1.29, 1.82) is 0 Å². The highest BCUT2D eigenvalue weighted by molar-refractivity contribution is 6.04. The highest BCUT2D eigenvalue weighted by atomic mass is 19.2. The van der Waals surface area contributed by atoms with Crippen LogP contribution in [-0.4, -0.2) is 11.7 Å². The van der Waals surface area contributed by atoms with Gasteiger partial charge in [0, 0.05) is 28.2 Å². The Kier molecular flexibility index (Phi) is 5.26. The van der Waals surface area contributed by atoms with Crippen molar-refractivity contribution in [2.75, 3.05) is 10.6 Å². The van der Waals surface area contributed by atoms with E-state index in [0.717, 1.165) is 23.5 Å². The maximum atomic E-state index is 13.2. The number of halogens is 2. The average Bonchev–Trinajstić information content (AvgIpc) is 2.65. The fourth-order valence-corrected chi connectivity index (χ4v) is 2.46. The van der Waals surface area contributed by atoms with Crippen LogP contribution in [0.15, 0.2) is 66.7 Å². The van der Waals surface area contributed by atoms with Gasteiger partial charge in [0.05, 0.1) is 0 Å². The Morgan fingerprint density at radius 3 is 2.11 bits per heavy atom. The molecule has 2 N–H and O–H groups in total. The molecule has 3 aromatic rings. The SMILES string of the molecule is CC(=O)c1cccc(Nc2ccc(NC(=O)c3ccc(F)c(F)c3)cc2)c1. The molecule has 0 atom stereocenters. The molecular formula is C21H16F2N2O2. The third kappa shape index (κ3) is 4.55. The van der Waals surface area contributed by atoms with Crippen LogP contribution < -0.4 is 10.6 Å². The summed E-state index contributed by atoms with van der Waals surface area (Å²) in [6.45, 7) is 1.50. The summed E-state index contributed by atoms with van der Waals surface area (Å²) < 4.78 is 26.2. The second-order valence-corrected chi connectivity index (χ2v) is 5.92.